The number of carbonyl (C=O) groups is 1. The molecule has 0 aliphatic carbocycles. The number of benzene rings is 1. The summed E-state index contributed by atoms with van der Waals surface area (Å²) in [4.78, 5) is 17.2. The van der Waals surface area contributed by atoms with E-state index in [1.54, 1.807) is 4.90 Å². The quantitative estimate of drug-likeness (QED) is 0.401. The zero-order valence-corrected chi connectivity index (χ0v) is 20.7. The second kappa shape index (κ2) is 10.9. The minimum atomic E-state index is -0.0487. The van der Waals surface area contributed by atoms with Crippen molar-refractivity contribution in [1.29, 1.82) is 0 Å². The molecule has 2 heterocycles. The molecule has 0 radical (unpaired) electrons. The van der Waals surface area contributed by atoms with E-state index in [0.717, 1.165) is 27.2 Å². The monoisotopic (exact) mass is 548 g/mol. The molecule has 3 rings (SSSR count). The van der Waals surface area contributed by atoms with Crippen LogP contribution in [0.2, 0.25) is 0 Å². The minimum absolute atomic E-state index is 0.0294. The molecule has 0 saturated carbocycles. The summed E-state index contributed by atoms with van der Waals surface area (Å²) in [7, 11) is 0. The van der Waals surface area contributed by atoms with Gasteiger partial charge in [-0.05, 0) is 55.5 Å². The predicted molar refractivity (Wildman–Crippen MR) is 127 cm³/mol. The molecule has 1 aromatic carbocycles. The van der Waals surface area contributed by atoms with Gasteiger partial charge in [-0.2, -0.15) is 0 Å². The lowest BCUT2D eigenvalue weighted by Crippen LogP contribution is -2.47. The highest BCUT2D eigenvalue weighted by Gasteiger charge is 2.26. The molecule has 0 spiro atoms. The van der Waals surface area contributed by atoms with Crippen LogP contribution in [0.3, 0.4) is 0 Å². The average Bonchev–Trinajstić information content (AvgIpc) is 2.72. The predicted octanol–water partition coefficient (Wildman–Crippen LogP) is 2.71. The number of amides is 1. The first-order chi connectivity index (χ1) is 14.4. The van der Waals surface area contributed by atoms with Crippen LogP contribution in [0.5, 0.6) is 11.5 Å². The lowest BCUT2D eigenvalue weighted by atomic mass is 10.1. The molecule has 7 nitrogen and oxygen atoms in total. The van der Waals surface area contributed by atoms with E-state index in [-0.39, 0.29) is 24.7 Å². The molecule has 2 fully saturated rings. The summed E-state index contributed by atoms with van der Waals surface area (Å²) < 4.78 is 23.7. The van der Waals surface area contributed by atoms with Gasteiger partial charge in [0, 0.05) is 31.7 Å². The molecule has 30 heavy (non-hydrogen) atoms. The van der Waals surface area contributed by atoms with Crippen LogP contribution in [-0.2, 0) is 14.3 Å². The van der Waals surface area contributed by atoms with Gasteiger partial charge in [0.25, 0.3) is 5.91 Å². The first-order valence-electron chi connectivity index (χ1n) is 10.3. The molecule has 0 bridgehead atoms. The SMILES string of the molecule is CCOc1cc(C(=S)N2CC(C)OC(C)C2)cc(I)c1OCC(=O)N1CCOCC1. The van der Waals surface area contributed by atoms with E-state index in [9.17, 15) is 4.79 Å². The Morgan fingerprint density at radius 1 is 1.17 bits per heavy atom. The number of morpholine rings is 2. The normalized spacial score (nSPS) is 22.0. The Morgan fingerprint density at radius 2 is 1.83 bits per heavy atom. The fourth-order valence-corrected chi connectivity index (χ4v) is 4.68. The number of nitrogens with zero attached hydrogens (tertiary/aromatic N) is 2. The van der Waals surface area contributed by atoms with E-state index < -0.39 is 0 Å². The standard InChI is InChI=1S/C21H29IN2O5S/c1-4-27-18-10-16(21(30)24-11-14(2)29-15(3)12-24)9-17(22)20(18)28-13-19(25)23-5-7-26-8-6-23/h9-10,14-15H,4-8,11-13H2,1-3H3. The minimum Gasteiger partial charge on any atom is -0.490 e. The number of hydrogen-bond acceptors (Lipinski definition) is 6. The van der Waals surface area contributed by atoms with Crippen LogP contribution in [-0.4, -0.2) is 85.5 Å². The number of hydrogen-bond donors (Lipinski definition) is 0. The second-order valence-electron chi connectivity index (χ2n) is 7.47. The Bertz CT molecular complexity index is 762. The highest BCUT2D eigenvalue weighted by atomic mass is 127. The van der Waals surface area contributed by atoms with E-state index in [4.69, 9.17) is 31.2 Å². The van der Waals surface area contributed by atoms with E-state index in [0.29, 0.717) is 44.4 Å². The van der Waals surface area contributed by atoms with E-state index >= 15 is 0 Å². The number of halogens is 1. The molecule has 0 N–H and O–H groups in total. The molecule has 166 valence electrons. The zero-order chi connectivity index (χ0) is 21.7. The summed E-state index contributed by atoms with van der Waals surface area (Å²) in [6.07, 6.45) is 0.261. The van der Waals surface area contributed by atoms with Gasteiger partial charge in [-0.3, -0.25) is 4.79 Å². The molecule has 2 aliphatic heterocycles. The van der Waals surface area contributed by atoms with Crippen molar-refractivity contribution in [3.05, 3.63) is 21.3 Å². The van der Waals surface area contributed by atoms with Crippen molar-refractivity contribution >= 4 is 45.7 Å². The zero-order valence-electron chi connectivity index (χ0n) is 17.7. The largest absolute Gasteiger partial charge is 0.490 e. The number of ether oxygens (including phenoxy) is 4. The van der Waals surface area contributed by atoms with Crippen molar-refractivity contribution in [1.82, 2.24) is 9.80 Å². The third-order valence-electron chi connectivity index (χ3n) is 4.97. The van der Waals surface area contributed by atoms with Crippen LogP contribution in [0.1, 0.15) is 26.3 Å². The third kappa shape index (κ3) is 5.95. The van der Waals surface area contributed by atoms with Crippen LogP contribution in [0, 0.1) is 3.57 Å². The van der Waals surface area contributed by atoms with Gasteiger partial charge < -0.3 is 28.7 Å². The lowest BCUT2D eigenvalue weighted by Gasteiger charge is -2.37. The van der Waals surface area contributed by atoms with Crippen LogP contribution in [0.4, 0.5) is 0 Å². The van der Waals surface area contributed by atoms with Crippen molar-refractivity contribution in [3.63, 3.8) is 0 Å². The topological polar surface area (TPSA) is 60.5 Å². The van der Waals surface area contributed by atoms with Gasteiger partial charge in [-0.25, -0.2) is 0 Å². The van der Waals surface area contributed by atoms with E-state index in [1.165, 1.54) is 0 Å². The molecule has 9 heteroatoms. The van der Waals surface area contributed by atoms with Crippen LogP contribution in [0.25, 0.3) is 0 Å². The molecule has 1 aromatic rings. The maximum Gasteiger partial charge on any atom is 0.260 e. The summed E-state index contributed by atoms with van der Waals surface area (Å²) in [5, 5.41) is 0. The van der Waals surface area contributed by atoms with Crippen molar-refractivity contribution < 1.29 is 23.7 Å². The second-order valence-corrected chi connectivity index (χ2v) is 9.02. The Hall–Kier alpha value is -1.17. The Morgan fingerprint density at radius 3 is 2.47 bits per heavy atom. The summed E-state index contributed by atoms with van der Waals surface area (Å²) >= 11 is 7.99. The number of rotatable bonds is 6. The number of thiocarbonyl (C=S) groups is 1. The molecule has 2 atom stereocenters. The van der Waals surface area contributed by atoms with Gasteiger partial charge in [0.15, 0.2) is 18.1 Å². The molecule has 2 saturated heterocycles. The fraction of sp³-hybridized carbons (Fsp3) is 0.619. The van der Waals surface area contributed by atoms with Crippen LogP contribution in [0.15, 0.2) is 12.1 Å². The summed E-state index contributed by atoms with van der Waals surface area (Å²) in [6, 6.07) is 3.90. The van der Waals surface area contributed by atoms with E-state index in [2.05, 4.69) is 41.3 Å². The molecule has 0 aromatic heterocycles. The maximum atomic E-state index is 12.5. The Balaban J connectivity index is 1.74. The first-order valence-corrected chi connectivity index (χ1v) is 11.8. The maximum absolute atomic E-state index is 12.5. The van der Waals surface area contributed by atoms with Gasteiger partial charge in [0.05, 0.1) is 35.6 Å². The van der Waals surface area contributed by atoms with Crippen molar-refractivity contribution in [2.24, 2.45) is 0 Å². The van der Waals surface area contributed by atoms with Gasteiger partial charge in [-0.1, -0.05) is 12.2 Å². The van der Waals surface area contributed by atoms with Gasteiger partial charge in [0.2, 0.25) is 0 Å². The smallest absolute Gasteiger partial charge is 0.260 e. The van der Waals surface area contributed by atoms with E-state index in [1.807, 2.05) is 19.1 Å². The van der Waals surface area contributed by atoms with Gasteiger partial charge >= 0.3 is 0 Å². The summed E-state index contributed by atoms with van der Waals surface area (Å²) in [5.74, 6) is 1.13. The highest BCUT2D eigenvalue weighted by molar-refractivity contribution is 14.1. The van der Waals surface area contributed by atoms with Crippen molar-refractivity contribution in [2.45, 2.75) is 33.0 Å². The third-order valence-corrected chi connectivity index (χ3v) is 6.26. The van der Waals surface area contributed by atoms with Crippen molar-refractivity contribution in [2.75, 3.05) is 52.6 Å². The molecule has 1 amide bonds. The Kier molecular flexibility index (Phi) is 8.55. The van der Waals surface area contributed by atoms with Crippen LogP contribution < -0.4 is 9.47 Å². The van der Waals surface area contributed by atoms with Gasteiger partial charge in [-0.15, -0.1) is 0 Å². The summed E-state index contributed by atoms with van der Waals surface area (Å²) in [5.41, 5.74) is 0.908. The summed E-state index contributed by atoms with van der Waals surface area (Å²) in [6.45, 7) is 10.4. The molecular weight excluding hydrogens is 519 g/mol. The Labute approximate surface area is 197 Å². The molecule has 2 unspecified atom stereocenters. The first kappa shape index (κ1) is 23.5. The fourth-order valence-electron chi connectivity index (χ4n) is 3.66. The van der Waals surface area contributed by atoms with Crippen molar-refractivity contribution in [3.8, 4) is 11.5 Å². The average molecular weight is 548 g/mol. The lowest BCUT2D eigenvalue weighted by molar-refractivity contribution is -0.137. The molecular formula is C21H29IN2O5S. The molecule has 2 aliphatic rings. The number of carbonyl (C=O) groups excluding carboxylic acids is 1. The van der Waals surface area contributed by atoms with Crippen LogP contribution >= 0.6 is 34.8 Å². The van der Waals surface area contributed by atoms with Gasteiger partial charge in [0.1, 0.15) is 4.99 Å². The highest BCUT2D eigenvalue weighted by Crippen LogP contribution is 2.35.